The molecule has 1 aliphatic carbocycles. The third-order valence-electron chi connectivity index (χ3n) is 3.97. The first-order chi connectivity index (χ1) is 10.1. The quantitative estimate of drug-likeness (QED) is 0.866. The first kappa shape index (κ1) is 13.7. The Kier molecular flexibility index (Phi) is 3.45. The highest BCUT2D eigenvalue weighted by Crippen LogP contribution is 2.28. The maximum absolute atomic E-state index is 11.9. The summed E-state index contributed by atoms with van der Waals surface area (Å²) in [7, 11) is 0. The number of aromatic nitrogens is 3. The van der Waals surface area contributed by atoms with Gasteiger partial charge in [-0.3, -0.25) is 4.79 Å². The van der Waals surface area contributed by atoms with Crippen LogP contribution in [0.5, 0.6) is 0 Å². The van der Waals surface area contributed by atoms with Crippen LogP contribution in [0.4, 0.5) is 0 Å². The molecular formula is C17H19N3O. The van der Waals surface area contributed by atoms with E-state index in [0.29, 0.717) is 31.0 Å². The van der Waals surface area contributed by atoms with Gasteiger partial charge in [-0.2, -0.15) is 0 Å². The Morgan fingerprint density at radius 2 is 1.95 bits per heavy atom. The average molecular weight is 281 g/mol. The van der Waals surface area contributed by atoms with Crippen LogP contribution in [0.2, 0.25) is 0 Å². The smallest absolute Gasteiger partial charge is 0.185 e. The lowest BCUT2D eigenvalue weighted by Crippen LogP contribution is -2.13. The highest BCUT2D eigenvalue weighted by molar-refractivity contribution is 6.01. The summed E-state index contributed by atoms with van der Waals surface area (Å²) in [4.78, 5) is 11.9. The summed E-state index contributed by atoms with van der Waals surface area (Å²) >= 11 is 0. The number of hydrogen-bond acceptors (Lipinski definition) is 3. The van der Waals surface area contributed by atoms with Gasteiger partial charge in [0.15, 0.2) is 11.5 Å². The molecule has 0 aliphatic heterocycles. The molecule has 0 spiro atoms. The van der Waals surface area contributed by atoms with Crippen molar-refractivity contribution >= 4 is 11.4 Å². The minimum atomic E-state index is 0.0683. The van der Waals surface area contributed by atoms with Crippen molar-refractivity contribution in [1.29, 1.82) is 0 Å². The van der Waals surface area contributed by atoms with Crippen molar-refractivity contribution in [2.75, 3.05) is 0 Å². The van der Waals surface area contributed by atoms with E-state index in [1.165, 1.54) is 5.56 Å². The molecule has 2 aromatic rings. The van der Waals surface area contributed by atoms with Crippen molar-refractivity contribution in [2.45, 2.75) is 39.2 Å². The molecule has 0 saturated carbocycles. The molecule has 0 fully saturated rings. The molecule has 0 unspecified atom stereocenters. The molecule has 1 aromatic carbocycles. The number of carbonyl (C=O) groups excluding carboxylic acids is 1. The van der Waals surface area contributed by atoms with Crippen molar-refractivity contribution in [2.24, 2.45) is 0 Å². The minimum absolute atomic E-state index is 0.0683. The van der Waals surface area contributed by atoms with Crippen molar-refractivity contribution in [3.8, 4) is 0 Å². The molecule has 4 nitrogen and oxygen atoms in total. The van der Waals surface area contributed by atoms with Crippen LogP contribution >= 0.6 is 0 Å². The van der Waals surface area contributed by atoms with Crippen LogP contribution in [-0.2, 0) is 6.54 Å². The molecule has 4 heteroatoms. The third-order valence-corrected chi connectivity index (χ3v) is 3.97. The Balaban J connectivity index is 1.89. The maximum Gasteiger partial charge on any atom is 0.185 e. The molecule has 0 atom stereocenters. The van der Waals surface area contributed by atoms with Gasteiger partial charge in [-0.1, -0.05) is 49.9 Å². The predicted molar refractivity (Wildman–Crippen MR) is 82.3 cm³/mol. The van der Waals surface area contributed by atoms with Gasteiger partial charge >= 0.3 is 0 Å². The van der Waals surface area contributed by atoms with E-state index in [4.69, 9.17) is 0 Å². The van der Waals surface area contributed by atoms with E-state index >= 15 is 0 Å². The molecule has 0 amide bonds. The Morgan fingerprint density at radius 1 is 1.24 bits per heavy atom. The van der Waals surface area contributed by atoms with Crippen molar-refractivity contribution in [3.63, 3.8) is 0 Å². The van der Waals surface area contributed by atoms with Crippen LogP contribution < -0.4 is 0 Å². The number of fused-ring (bicyclic) bond motifs is 1. The molecule has 1 aliphatic rings. The van der Waals surface area contributed by atoms with Crippen molar-refractivity contribution in [1.82, 2.24) is 15.0 Å². The van der Waals surface area contributed by atoms with E-state index in [1.807, 2.05) is 0 Å². The molecule has 21 heavy (non-hydrogen) atoms. The van der Waals surface area contributed by atoms with Crippen LogP contribution in [0, 0.1) is 0 Å². The van der Waals surface area contributed by atoms with E-state index in [-0.39, 0.29) is 5.78 Å². The van der Waals surface area contributed by atoms with E-state index in [9.17, 15) is 4.79 Å². The van der Waals surface area contributed by atoms with E-state index in [2.05, 4.69) is 55.0 Å². The zero-order valence-electron chi connectivity index (χ0n) is 12.5. The summed E-state index contributed by atoms with van der Waals surface area (Å²) < 4.78 is 1.79. The standard InChI is InChI=1S/C17H19N3O/c1-11(2)14-7-5-13(6-8-14)10-20-17-12(3)4-9-15(21)16(17)18-19-20/h5-8,11H,3-4,9-10H2,1-2H3. The normalized spacial score (nSPS) is 14.6. The van der Waals surface area contributed by atoms with Gasteiger partial charge in [0.05, 0.1) is 12.2 Å². The Labute approximate surface area is 124 Å². The van der Waals surface area contributed by atoms with E-state index in [1.54, 1.807) is 4.68 Å². The van der Waals surface area contributed by atoms with Crippen LogP contribution in [0.15, 0.2) is 30.8 Å². The van der Waals surface area contributed by atoms with Gasteiger partial charge in [-0.15, -0.1) is 5.10 Å². The van der Waals surface area contributed by atoms with Crippen molar-refractivity contribution < 1.29 is 4.79 Å². The van der Waals surface area contributed by atoms with Gasteiger partial charge in [0, 0.05) is 6.42 Å². The Bertz CT molecular complexity index is 695. The van der Waals surface area contributed by atoms with Crippen LogP contribution in [0.1, 0.15) is 59.9 Å². The summed E-state index contributed by atoms with van der Waals surface area (Å²) in [6, 6.07) is 8.50. The molecule has 108 valence electrons. The van der Waals surface area contributed by atoms with Crippen LogP contribution in [-0.4, -0.2) is 20.8 Å². The second kappa shape index (κ2) is 5.28. The molecule has 1 heterocycles. The summed E-state index contributed by atoms with van der Waals surface area (Å²) in [6.07, 6.45) is 1.19. The maximum atomic E-state index is 11.9. The number of ketones is 1. The SMILES string of the molecule is C=C1CCC(=O)c2nnn(Cc3ccc(C(C)C)cc3)c21. The van der Waals surface area contributed by atoms with E-state index < -0.39 is 0 Å². The fourth-order valence-electron chi connectivity index (χ4n) is 2.64. The fraction of sp³-hybridized carbons (Fsp3) is 0.353. The Hall–Kier alpha value is -2.23. The summed E-state index contributed by atoms with van der Waals surface area (Å²) in [5, 5.41) is 8.17. The molecule has 0 N–H and O–H groups in total. The predicted octanol–water partition coefficient (Wildman–Crippen LogP) is 3.44. The highest BCUT2D eigenvalue weighted by atomic mass is 16.1. The minimum Gasteiger partial charge on any atom is -0.292 e. The monoisotopic (exact) mass is 281 g/mol. The largest absolute Gasteiger partial charge is 0.292 e. The lowest BCUT2D eigenvalue weighted by molar-refractivity contribution is 0.0975. The lowest BCUT2D eigenvalue weighted by Gasteiger charge is -2.14. The summed E-state index contributed by atoms with van der Waals surface area (Å²) in [6.45, 7) is 9.02. The van der Waals surface area contributed by atoms with Crippen LogP contribution in [0.3, 0.4) is 0 Å². The van der Waals surface area contributed by atoms with Gasteiger partial charge in [0.1, 0.15) is 0 Å². The molecule has 0 radical (unpaired) electrons. The van der Waals surface area contributed by atoms with E-state index in [0.717, 1.165) is 16.8 Å². The number of allylic oxidation sites excluding steroid dienone is 1. The first-order valence-electron chi connectivity index (χ1n) is 7.30. The number of benzene rings is 1. The second-order valence-corrected chi connectivity index (χ2v) is 5.87. The topological polar surface area (TPSA) is 47.8 Å². The molecule has 3 rings (SSSR count). The van der Waals surface area contributed by atoms with Crippen LogP contribution in [0.25, 0.3) is 5.57 Å². The molecule has 0 bridgehead atoms. The molecular weight excluding hydrogens is 262 g/mol. The fourth-order valence-corrected chi connectivity index (χ4v) is 2.64. The first-order valence-corrected chi connectivity index (χ1v) is 7.30. The summed E-state index contributed by atoms with van der Waals surface area (Å²) in [5.41, 5.74) is 4.70. The molecule has 0 saturated heterocycles. The number of hydrogen-bond donors (Lipinski definition) is 0. The molecule has 1 aromatic heterocycles. The van der Waals surface area contributed by atoms with Gasteiger partial charge < -0.3 is 0 Å². The van der Waals surface area contributed by atoms with Gasteiger partial charge in [0.2, 0.25) is 0 Å². The second-order valence-electron chi connectivity index (χ2n) is 5.87. The zero-order valence-corrected chi connectivity index (χ0v) is 12.5. The lowest BCUT2D eigenvalue weighted by atomic mass is 9.95. The number of Topliss-reactive ketones (excluding diaryl/α,β-unsaturated/α-hetero) is 1. The Morgan fingerprint density at radius 3 is 2.62 bits per heavy atom. The summed E-state index contributed by atoms with van der Waals surface area (Å²) in [5.74, 6) is 0.592. The number of rotatable bonds is 3. The number of nitrogens with zero attached hydrogens (tertiary/aromatic N) is 3. The van der Waals surface area contributed by atoms with Gasteiger partial charge in [0.25, 0.3) is 0 Å². The van der Waals surface area contributed by atoms with Gasteiger partial charge in [-0.05, 0) is 29.0 Å². The average Bonchev–Trinajstić information content (AvgIpc) is 2.89. The third kappa shape index (κ3) is 2.53. The zero-order chi connectivity index (χ0) is 15.0. The van der Waals surface area contributed by atoms with Crippen molar-refractivity contribution in [3.05, 3.63) is 53.4 Å². The highest BCUT2D eigenvalue weighted by Gasteiger charge is 2.26. The van der Waals surface area contributed by atoms with Gasteiger partial charge in [-0.25, -0.2) is 4.68 Å². The number of carbonyl (C=O) groups is 1.